The third-order valence-electron chi connectivity index (χ3n) is 3.94. The van der Waals surface area contributed by atoms with Crippen molar-refractivity contribution >= 4 is 22.2 Å². The number of nitrogens with one attached hydrogen (secondary N) is 1. The normalized spacial score (nSPS) is 14.2. The van der Waals surface area contributed by atoms with E-state index in [1.165, 1.54) is 0 Å². The van der Waals surface area contributed by atoms with Crippen molar-refractivity contribution in [3.63, 3.8) is 0 Å². The van der Waals surface area contributed by atoms with Crippen LogP contribution in [-0.2, 0) is 14.6 Å². The van der Waals surface area contributed by atoms with E-state index in [0.29, 0.717) is 17.4 Å². The molecule has 6 nitrogen and oxygen atoms in total. The van der Waals surface area contributed by atoms with E-state index in [4.69, 9.17) is 4.74 Å². The Kier molecular flexibility index (Phi) is 7.60. The smallest absolute Gasteiger partial charge is 0.407 e. The highest BCUT2D eigenvalue weighted by Crippen LogP contribution is 2.24. The van der Waals surface area contributed by atoms with Crippen molar-refractivity contribution in [1.29, 1.82) is 0 Å². The standard InChI is InChI=1S/C18H27NO5S/c1-12(2)17(19-18(21)24-13(3)4)11-25(22,23)14(5)16-8-6-15(10-20)7-9-16/h6-10,12-14,17H,11H2,1-5H3,(H,19,21)/t14-,17+/m0/s1. The average Bonchev–Trinajstić information content (AvgIpc) is 2.52. The average molecular weight is 369 g/mol. The second kappa shape index (κ2) is 8.99. The van der Waals surface area contributed by atoms with E-state index in [2.05, 4.69) is 5.32 Å². The highest BCUT2D eigenvalue weighted by Gasteiger charge is 2.29. The third kappa shape index (κ3) is 6.49. The Balaban J connectivity index is 2.89. The Bertz CT molecular complexity index is 680. The number of carbonyl (C=O) groups is 2. The second-order valence-electron chi connectivity index (χ2n) is 6.71. The summed E-state index contributed by atoms with van der Waals surface area (Å²) in [6.07, 6.45) is -0.186. The van der Waals surface area contributed by atoms with E-state index in [-0.39, 0.29) is 17.8 Å². The van der Waals surface area contributed by atoms with Crippen LogP contribution in [0.5, 0.6) is 0 Å². The summed E-state index contributed by atoms with van der Waals surface area (Å²) >= 11 is 0. The molecule has 0 bridgehead atoms. The van der Waals surface area contributed by atoms with Crippen LogP contribution in [0.4, 0.5) is 4.79 Å². The largest absolute Gasteiger partial charge is 0.447 e. The molecule has 0 aliphatic carbocycles. The molecule has 0 aromatic heterocycles. The van der Waals surface area contributed by atoms with E-state index in [1.54, 1.807) is 45.0 Å². The van der Waals surface area contributed by atoms with Gasteiger partial charge in [0.05, 0.1) is 17.1 Å². The zero-order valence-corrected chi connectivity index (χ0v) is 16.2. The van der Waals surface area contributed by atoms with Crippen LogP contribution >= 0.6 is 0 Å². The number of amides is 1. The fraction of sp³-hybridized carbons (Fsp3) is 0.556. The van der Waals surface area contributed by atoms with Crippen molar-refractivity contribution in [3.05, 3.63) is 35.4 Å². The lowest BCUT2D eigenvalue weighted by atomic mass is 10.1. The van der Waals surface area contributed by atoms with Gasteiger partial charge in [0.15, 0.2) is 9.84 Å². The molecular weight excluding hydrogens is 342 g/mol. The molecule has 0 saturated heterocycles. The Morgan fingerprint density at radius 2 is 1.68 bits per heavy atom. The molecule has 1 aromatic carbocycles. The van der Waals surface area contributed by atoms with Crippen LogP contribution in [0.25, 0.3) is 0 Å². The number of rotatable bonds is 8. The van der Waals surface area contributed by atoms with Crippen LogP contribution < -0.4 is 5.32 Å². The number of ether oxygens (including phenoxy) is 1. The monoisotopic (exact) mass is 369 g/mol. The zero-order chi connectivity index (χ0) is 19.2. The Hall–Kier alpha value is -1.89. The van der Waals surface area contributed by atoms with Crippen molar-refractivity contribution < 1.29 is 22.7 Å². The molecular formula is C18H27NO5S. The summed E-state index contributed by atoms with van der Waals surface area (Å²) in [4.78, 5) is 22.5. The summed E-state index contributed by atoms with van der Waals surface area (Å²) in [5, 5.41) is 1.90. The number of carbonyl (C=O) groups excluding carboxylic acids is 2. The first-order valence-corrected chi connectivity index (χ1v) is 10.0. The second-order valence-corrected chi connectivity index (χ2v) is 9.07. The minimum Gasteiger partial charge on any atom is -0.447 e. The van der Waals surface area contributed by atoms with Crippen LogP contribution in [0.15, 0.2) is 24.3 Å². The predicted octanol–water partition coefficient (Wildman–Crippen LogP) is 3.13. The molecule has 1 amide bonds. The number of benzene rings is 1. The molecule has 0 aliphatic rings. The van der Waals surface area contributed by atoms with E-state index >= 15 is 0 Å². The van der Waals surface area contributed by atoms with E-state index in [0.717, 1.165) is 0 Å². The Morgan fingerprint density at radius 3 is 2.12 bits per heavy atom. The summed E-state index contributed by atoms with van der Waals surface area (Å²) in [6.45, 7) is 8.76. The molecule has 1 rings (SSSR count). The summed E-state index contributed by atoms with van der Waals surface area (Å²) in [5.74, 6) is -0.256. The van der Waals surface area contributed by atoms with Crippen LogP contribution in [0, 0.1) is 5.92 Å². The number of sulfone groups is 1. The van der Waals surface area contributed by atoms with Gasteiger partial charge in [0.2, 0.25) is 0 Å². The number of aldehydes is 1. The van der Waals surface area contributed by atoms with E-state index in [1.807, 2.05) is 13.8 Å². The van der Waals surface area contributed by atoms with Gasteiger partial charge >= 0.3 is 6.09 Å². The highest BCUT2D eigenvalue weighted by molar-refractivity contribution is 7.91. The summed E-state index contributed by atoms with van der Waals surface area (Å²) in [5.41, 5.74) is 1.10. The lowest BCUT2D eigenvalue weighted by molar-refractivity contribution is 0.110. The molecule has 2 atom stereocenters. The van der Waals surface area contributed by atoms with Gasteiger partial charge in [-0.3, -0.25) is 4.79 Å². The van der Waals surface area contributed by atoms with E-state index in [9.17, 15) is 18.0 Å². The number of hydrogen-bond acceptors (Lipinski definition) is 5. The van der Waals surface area contributed by atoms with Gasteiger partial charge in [-0.05, 0) is 32.3 Å². The van der Waals surface area contributed by atoms with Gasteiger partial charge in [0.1, 0.15) is 6.29 Å². The molecule has 0 fully saturated rings. The first kappa shape index (κ1) is 21.2. The van der Waals surface area contributed by atoms with Crippen LogP contribution in [0.1, 0.15) is 55.8 Å². The maximum Gasteiger partial charge on any atom is 0.407 e. The minimum absolute atomic E-state index is 0.0703. The van der Waals surface area contributed by atoms with Crippen molar-refractivity contribution in [2.75, 3.05) is 5.75 Å². The van der Waals surface area contributed by atoms with Gasteiger partial charge in [-0.15, -0.1) is 0 Å². The lowest BCUT2D eigenvalue weighted by Crippen LogP contribution is -2.44. The molecule has 0 heterocycles. The topological polar surface area (TPSA) is 89.5 Å². The lowest BCUT2D eigenvalue weighted by Gasteiger charge is -2.24. The van der Waals surface area contributed by atoms with Crippen molar-refractivity contribution in [1.82, 2.24) is 5.32 Å². The van der Waals surface area contributed by atoms with Gasteiger partial charge in [0, 0.05) is 11.6 Å². The summed E-state index contributed by atoms with van der Waals surface area (Å²) in [6, 6.07) is 5.90. The van der Waals surface area contributed by atoms with Gasteiger partial charge in [-0.1, -0.05) is 38.1 Å². The Labute approximate surface area is 149 Å². The summed E-state index contributed by atoms with van der Waals surface area (Å²) in [7, 11) is -3.51. The zero-order valence-electron chi connectivity index (χ0n) is 15.4. The van der Waals surface area contributed by atoms with E-state index < -0.39 is 27.2 Å². The highest BCUT2D eigenvalue weighted by atomic mass is 32.2. The SMILES string of the molecule is CC(C)OC(=O)N[C@H](CS(=O)(=O)[C@@H](C)c1ccc(C=O)cc1)C(C)C. The molecule has 0 aliphatic heterocycles. The molecule has 0 spiro atoms. The molecule has 0 radical (unpaired) electrons. The first-order valence-electron chi connectivity index (χ1n) is 8.30. The van der Waals surface area contributed by atoms with Crippen LogP contribution in [0.2, 0.25) is 0 Å². The first-order chi connectivity index (χ1) is 11.6. The molecule has 0 saturated carbocycles. The summed E-state index contributed by atoms with van der Waals surface area (Å²) < 4.78 is 30.5. The van der Waals surface area contributed by atoms with Gasteiger partial charge in [0.25, 0.3) is 0 Å². The van der Waals surface area contributed by atoms with Crippen molar-refractivity contribution in [2.45, 2.75) is 52.0 Å². The van der Waals surface area contributed by atoms with Crippen LogP contribution in [-0.4, -0.2) is 38.7 Å². The molecule has 1 aromatic rings. The van der Waals surface area contributed by atoms with Gasteiger partial charge in [-0.25, -0.2) is 13.2 Å². The molecule has 0 unspecified atom stereocenters. The van der Waals surface area contributed by atoms with Gasteiger partial charge in [-0.2, -0.15) is 0 Å². The maximum atomic E-state index is 12.7. The van der Waals surface area contributed by atoms with Crippen molar-refractivity contribution in [3.8, 4) is 0 Å². The Morgan fingerprint density at radius 1 is 1.12 bits per heavy atom. The predicted molar refractivity (Wildman–Crippen MR) is 97.4 cm³/mol. The fourth-order valence-electron chi connectivity index (χ4n) is 2.25. The fourth-order valence-corrected chi connectivity index (χ4v) is 4.08. The number of alkyl carbamates (subject to hydrolysis) is 1. The quantitative estimate of drug-likeness (QED) is 0.711. The number of hydrogen-bond donors (Lipinski definition) is 1. The maximum absolute atomic E-state index is 12.7. The van der Waals surface area contributed by atoms with Crippen LogP contribution in [0.3, 0.4) is 0 Å². The minimum atomic E-state index is -3.51. The van der Waals surface area contributed by atoms with Gasteiger partial charge < -0.3 is 10.1 Å². The molecule has 1 N–H and O–H groups in total. The molecule has 7 heteroatoms. The van der Waals surface area contributed by atoms with Crippen molar-refractivity contribution in [2.24, 2.45) is 5.92 Å². The molecule has 140 valence electrons. The molecule has 25 heavy (non-hydrogen) atoms. The third-order valence-corrected chi connectivity index (χ3v) is 6.12.